The molecule has 0 bridgehead atoms. The monoisotopic (exact) mass is 381 g/mol. The first-order valence-corrected chi connectivity index (χ1v) is 10.2. The average molecular weight is 382 g/mol. The minimum Gasteiger partial charge on any atom is -0.369 e. The number of rotatable bonds is 4. The van der Waals surface area contributed by atoms with Gasteiger partial charge in [-0.05, 0) is 42.8 Å². The number of thiophene rings is 1. The molecule has 0 saturated carbocycles. The number of aromatic nitrogens is 1. The van der Waals surface area contributed by atoms with Gasteiger partial charge in [0, 0.05) is 24.4 Å². The summed E-state index contributed by atoms with van der Waals surface area (Å²) in [6.07, 6.45) is 1.29. The summed E-state index contributed by atoms with van der Waals surface area (Å²) in [7, 11) is 0. The number of primary amides is 1. The molecule has 27 heavy (non-hydrogen) atoms. The van der Waals surface area contributed by atoms with Gasteiger partial charge >= 0.3 is 0 Å². The highest BCUT2D eigenvalue weighted by Crippen LogP contribution is 2.32. The topological polar surface area (TPSA) is 68.3 Å². The van der Waals surface area contributed by atoms with Gasteiger partial charge in [0.1, 0.15) is 10.5 Å². The van der Waals surface area contributed by atoms with E-state index in [1.165, 1.54) is 5.56 Å². The van der Waals surface area contributed by atoms with Crippen molar-refractivity contribution in [3.8, 4) is 0 Å². The van der Waals surface area contributed by atoms with Crippen LogP contribution in [0, 0.1) is 5.92 Å². The summed E-state index contributed by atoms with van der Waals surface area (Å²) in [6.45, 7) is 3.28. The smallest absolute Gasteiger partial charge is 0.270 e. The molecule has 140 valence electrons. The lowest BCUT2D eigenvalue weighted by molar-refractivity contribution is -0.123. The van der Waals surface area contributed by atoms with Gasteiger partial charge in [0.15, 0.2) is 0 Å². The molecule has 6 heteroatoms. The van der Waals surface area contributed by atoms with Gasteiger partial charge in [0.05, 0.1) is 6.04 Å². The van der Waals surface area contributed by atoms with E-state index in [0.717, 1.165) is 10.2 Å². The van der Waals surface area contributed by atoms with Crippen molar-refractivity contribution in [2.45, 2.75) is 25.8 Å². The number of carbonyl (C=O) groups excluding carboxylic acids is 2. The van der Waals surface area contributed by atoms with Crippen LogP contribution in [0.4, 0.5) is 0 Å². The van der Waals surface area contributed by atoms with Gasteiger partial charge in [-0.25, -0.2) is 0 Å². The molecule has 1 aliphatic rings. The first kappa shape index (κ1) is 17.8. The molecule has 2 N–H and O–H groups in total. The molecule has 1 fully saturated rings. The molecule has 5 nitrogen and oxygen atoms in total. The Bertz CT molecular complexity index is 968. The Kier molecular flexibility index (Phi) is 4.74. The summed E-state index contributed by atoms with van der Waals surface area (Å²) in [5.74, 6) is -0.347. The lowest BCUT2D eigenvalue weighted by Crippen LogP contribution is -2.42. The third-order valence-corrected chi connectivity index (χ3v) is 6.45. The van der Waals surface area contributed by atoms with Crippen LogP contribution in [0.25, 0.3) is 10.2 Å². The second-order valence-electron chi connectivity index (χ2n) is 7.14. The molecule has 1 atom stereocenters. The fourth-order valence-electron chi connectivity index (χ4n) is 3.90. The van der Waals surface area contributed by atoms with Crippen LogP contribution in [0.15, 0.2) is 47.8 Å². The Balaban J connectivity index is 1.67. The molecule has 3 aromatic rings. The number of likely N-dealkylation sites (tertiary alicyclic amines) is 1. The first-order chi connectivity index (χ1) is 13.1. The molecule has 0 spiro atoms. The summed E-state index contributed by atoms with van der Waals surface area (Å²) in [5.41, 5.74) is 7.30. The Labute approximate surface area is 162 Å². The molecule has 1 aromatic carbocycles. The third-order valence-electron chi connectivity index (χ3n) is 5.52. The molecule has 1 aliphatic heterocycles. The Hall–Kier alpha value is -2.60. The molecule has 0 aliphatic carbocycles. The third kappa shape index (κ3) is 3.25. The van der Waals surface area contributed by atoms with E-state index in [4.69, 9.17) is 5.73 Å². The second kappa shape index (κ2) is 7.19. The molecule has 0 unspecified atom stereocenters. The van der Waals surface area contributed by atoms with Gasteiger partial charge in [0.2, 0.25) is 5.91 Å². The summed E-state index contributed by atoms with van der Waals surface area (Å²) in [6, 6.07) is 14.4. The van der Waals surface area contributed by atoms with Gasteiger partial charge < -0.3 is 15.2 Å². The van der Waals surface area contributed by atoms with Crippen molar-refractivity contribution >= 4 is 33.4 Å². The van der Waals surface area contributed by atoms with Crippen LogP contribution in [0.1, 0.15) is 41.9 Å². The number of carbonyl (C=O) groups is 2. The van der Waals surface area contributed by atoms with Gasteiger partial charge in [0.25, 0.3) is 5.91 Å². The number of hydrogen-bond donors (Lipinski definition) is 1. The number of nitrogens with two attached hydrogens (primary N) is 1. The van der Waals surface area contributed by atoms with Crippen LogP contribution in [-0.4, -0.2) is 34.4 Å². The highest BCUT2D eigenvalue weighted by Gasteiger charge is 2.29. The van der Waals surface area contributed by atoms with Crippen LogP contribution < -0.4 is 5.73 Å². The zero-order valence-electron chi connectivity index (χ0n) is 15.3. The van der Waals surface area contributed by atoms with E-state index in [1.54, 1.807) is 11.3 Å². The predicted molar refractivity (Wildman–Crippen MR) is 108 cm³/mol. The Morgan fingerprint density at radius 1 is 1.15 bits per heavy atom. The molecule has 2 aromatic heterocycles. The normalized spacial score (nSPS) is 16.6. The van der Waals surface area contributed by atoms with E-state index >= 15 is 0 Å². The molecule has 0 radical (unpaired) electrons. The maximum absolute atomic E-state index is 13.3. The van der Waals surface area contributed by atoms with Crippen LogP contribution in [0.3, 0.4) is 0 Å². The van der Waals surface area contributed by atoms with Crippen LogP contribution in [0.5, 0.6) is 0 Å². The van der Waals surface area contributed by atoms with Crippen LogP contribution in [0.2, 0.25) is 0 Å². The van der Waals surface area contributed by atoms with Crippen molar-refractivity contribution in [1.29, 1.82) is 0 Å². The molecular weight excluding hydrogens is 358 g/mol. The number of amides is 2. The minimum absolute atomic E-state index is 0.0316. The second-order valence-corrected chi connectivity index (χ2v) is 8.03. The zero-order chi connectivity index (χ0) is 19.0. The van der Waals surface area contributed by atoms with E-state index in [2.05, 4.69) is 35.1 Å². The van der Waals surface area contributed by atoms with Crippen molar-refractivity contribution in [2.24, 2.45) is 11.7 Å². The van der Waals surface area contributed by atoms with E-state index < -0.39 is 0 Å². The van der Waals surface area contributed by atoms with E-state index in [0.29, 0.717) is 31.6 Å². The number of benzene rings is 1. The van der Waals surface area contributed by atoms with Crippen LogP contribution in [-0.2, 0) is 4.79 Å². The van der Waals surface area contributed by atoms with Gasteiger partial charge in [-0.1, -0.05) is 30.3 Å². The molecule has 3 heterocycles. The van der Waals surface area contributed by atoms with E-state index in [1.807, 2.05) is 29.2 Å². The number of nitrogens with zero attached hydrogens (tertiary/aromatic N) is 2. The Morgan fingerprint density at radius 3 is 2.52 bits per heavy atom. The highest BCUT2D eigenvalue weighted by molar-refractivity contribution is 7.16. The quantitative estimate of drug-likeness (QED) is 0.749. The summed E-state index contributed by atoms with van der Waals surface area (Å²) >= 11 is 1.66. The fraction of sp³-hybridized carbons (Fsp3) is 0.333. The maximum atomic E-state index is 13.3. The van der Waals surface area contributed by atoms with Crippen molar-refractivity contribution in [1.82, 2.24) is 9.47 Å². The molecule has 1 saturated heterocycles. The maximum Gasteiger partial charge on any atom is 0.270 e. The summed E-state index contributed by atoms with van der Waals surface area (Å²) in [4.78, 5) is 27.7. The number of fused-ring (bicyclic) bond motifs is 1. The molecule has 4 rings (SSSR count). The molecule has 2 amide bonds. The fourth-order valence-corrected chi connectivity index (χ4v) is 4.88. The summed E-state index contributed by atoms with van der Waals surface area (Å²) in [5, 5.41) is 3.16. The standard InChI is InChI=1S/C21H23N3O2S/c1-14(15-5-3-2-4-6-15)24-18(13-17-9-12-27-21(17)24)20(26)23-10-7-16(8-11-23)19(22)25/h2-6,9,12-14,16H,7-8,10-11H2,1H3,(H2,22,25)/t14-/m1/s1. The average Bonchev–Trinajstić information content (AvgIpc) is 3.28. The van der Waals surface area contributed by atoms with E-state index in [-0.39, 0.29) is 23.8 Å². The van der Waals surface area contributed by atoms with Crippen molar-refractivity contribution in [3.63, 3.8) is 0 Å². The largest absolute Gasteiger partial charge is 0.369 e. The SMILES string of the molecule is C[C@H](c1ccccc1)n1c(C(=O)N2CCC(C(N)=O)CC2)cc2ccsc21. The highest BCUT2D eigenvalue weighted by atomic mass is 32.1. The Morgan fingerprint density at radius 2 is 1.85 bits per heavy atom. The van der Waals surface area contributed by atoms with Crippen molar-refractivity contribution in [2.75, 3.05) is 13.1 Å². The molecular formula is C21H23N3O2S. The number of piperidine rings is 1. The van der Waals surface area contributed by atoms with Crippen molar-refractivity contribution < 1.29 is 9.59 Å². The van der Waals surface area contributed by atoms with Gasteiger partial charge in [-0.15, -0.1) is 11.3 Å². The lowest BCUT2D eigenvalue weighted by atomic mass is 9.96. The van der Waals surface area contributed by atoms with Crippen LogP contribution >= 0.6 is 11.3 Å². The van der Waals surface area contributed by atoms with E-state index in [9.17, 15) is 9.59 Å². The minimum atomic E-state index is -0.260. The predicted octanol–water partition coefficient (Wildman–Crippen LogP) is 3.65. The first-order valence-electron chi connectivity index (χ1n) is 9.28. The summed E-state index contributed by atoms with van der Waals surface area (Å²) < 4.78 is 2.15. The number of hydrogen-bond acceptors (Lipinski definition) is 3. The lowest BCUT2D eigenvalue weighted by Gasteiger charge is -2.31. The zero-order valence-corrected chi connectivity index (χ0v) is 16.1. The van der Waals surface area contributed by atoms with Gasteiger partial charge in [-0.3, -0.25) is 9.59 Å². The van der Waals surface area contributed by atoms with Gasteiger partial charge in [-0.2, -0.15) is 0 Å². The van der Waals surface area contributed by atoms with Crippen molar-refractivity contribution in [3.05, 3.63) is 59.1 Å².